The van der Waals surface area contributed by atoms with Crippen LogP contribution in [0.25, 0.3) is 0 Å². The lowest BCUT2D eigenvalue weighted by Gasteiger charge is -2.02. The number of ether oxygens (including phenoxy) is 1. The molecule has 0 aliphatic carbocycles. The van der Waals surface area contributed by atoms with Gasteiger partial charge in [-0.3, -0.25) is 0 Å². The summed E-state index contributed by atoms with van der Waals surface area (Å²) in [6, 6.07) is 7.67. The van der Waals surface area contributed by atoms with Crippen molar-refractivity contribution in [2.24, 2.45) is 0 Å². The molecule has 0 saturated heterocycles. The van der Waals surface area contributed by atoms with E-state index in [0.717, 1.165) is 0 Å². The van der Waals surface area contributed by atoms with E-state index in [2.05, 4.69) is 0 Å². The van der Waals surface area contributed by atoms with Crippen LogP contribution in [0.15, 0.2) is 29.2 Å². The van der Waals surface area contributed by atoms with E-state index in [1.807, 2.05) is 0 Å². The fourth-order valence-electron chi connectivity index (χ4n) is 0.963. The maximum absolute atomic E-state index is 11.4. The Morgan fingerprint density at radius 3 is 2.79 bits per heavy atom. The van der Waals surface area contributed by atoms with E-state index in [0.29, 0.717) is 5.75 Å². The summed E-state index contributed by atoms with van der Waals surface area (Å²) in [4.78, 5) is 0.110. The van der Waals surface area contributed by atoms with Gasteiger partial charge in [-0.05, 0) is 18.2 Å². The topological polar surface area (TPSA) is 67.2 Å². The molecule has 1 aromatic carbocycles. The third-order valence-corrected chi connectivity index (χ3v) is 3.14. The maximum Gasteiger partial charge on any atom is 0.191 e. The molecule has 0 saturated carbocycles. The summed E-state index contributed by atoms with van der Waals surface area (Å²) >= 11 is 0. The minimum absolute atomic E-state index is 0.110. The Kier molecular flexibility index (Phi) is 3.10. The number of hydrogen-bond acceptors (Lipinski definition) is 4. The fraction of sp³-hybridized carbons (Fsp3) is 0.222. The predicted molar refractivity (Wildman–Crippen MR) is 50.7 cm³/mol. The molecule has 0 aromatic heterocycles. The molecule has 0 N–H and O–H groups in total. The van der Waals surface area contributed by atoms with Crippen molar-refractivity contribution >= 4 is 9.84 Å². The Hall–Kier alpha value is -1.54. The van der Waals surface area contributed by atoms with Gasteiger partial charge >= 0.3 is 0 Å². The van der Waals surface area contributed by atoms with Crippen LogP contribution in [0.2, 0.25) is 0 Å². The van der Waals surface area contributed by atoms with E-state index in [4.69, 9.17) is 10.00 Å². The average molecular weight is 211 g/mol. The molecule has 0 aliphatic rings. The lowest BCUT2D eigenvalue weighted by molar-refractivity contribution is 0.413. The number of nitrogens with zero attached hydrogens (tertiary/aromatic N) is 1. The quantitative estimate of drug-likeness (QED) is 0.747. The Morgan fingerprint density at radius 2 is 2.21 bits per heavy atom. The molecule has 0 fully saturated rings. The number of sulfone groups is 1. The molecular weight excluding hydrogens is 202 g/mol. The van der Waals surface area contributed by atoms with Crippen LogP contribution in [0.3, 0.4) is 0 Å². The largest absolute Gasteiger partial charge is 0.497 e. The van der Waals surface area contributed by atoms with Gasteiger partial charge in [0, 0.05) is 0 Å². The molecule has 0 heterocycles. The van der Waals surface area contributed by atoms with Gasteiger partial charge in [-0.15, -0.1) is 0 Å². The normalized spacial score (nSPS) is 10.6. The third kappa shape index (κ3) is 2.24. The fourth-order valence-corrected chi connectivity index (χ4v) is 1.88. The van der Waals surface area contributed by atoms with Gasteiger partial charge in [0.1, 0.15) is 11.5 Å². The van der Waals surface area contributed by atoms with Crippen molar-refractivity contribution < 1.29 is 13.2 Å². The first-order valence-corrected chi connectivity index (χ1v) is 5.49. The summed E-state index contributed by atoms with van der Waals surface area (Å²) in [5, 5.41) is 8.33. The smallest absolute Gasteiger partial charge is 0.191 e. The first-order chi connectivity index (χ1) is 6.60. The molecule has 1 aromatic rings. The summed E-state index contributed by atoms with van der Waals surface area (Å²) in [6.07, 6.45) is 0. The molecule has 0 radical (unpaired) electrons. The van der Waals surface area contributed by atoms with Gasteiger partial charge in [0.05, 0.1) is 18.1 Å². The van der Waals surface area contributed by atoms with Crippen molar-refractivity contribution in [1.82, 2.24) is 0 Å². The number of benzene rings is 1. The van der Waals surface area contributed by atoms with Crippen LogP contribution in [0.5, 0.6) is 5.75 Å². The second-order valence-corrected chi connectivity index (χ2v) is 4.59. The number of methoxy groups -OCH3 is 1. The van der Waals surface area contributed by atoms with E-state index in [9.17, 15) is 8.42 Å². The maximum atomic E-state index is 11.4. The van der Waals surface area contributed by atoms with Gasteiger partial charge in [-0.1, -0.05) is 6.07 Å². The standard InChI is InChI=1S/C9H9NO3S/c1-13-8-3-2-4-9(7-8)14(11,12)6-5-10/h2-4,7H,6H2,1H3. The monoisotopic (exact) mass is 211 g/mol. The van der Waals surface area contributed by atoms with Crippen molar-refractivity contribution in [2.45, 2.75) is 4.90 Å². The molecular formula is C9H9NO3S. The van der Waals surface area contributed by atoms with Gasteiger partial charge in [-0.2, -0.15) is 5.26 Å². The van der Waals surface area contributed by atoms with Crippen LogP contribution in [0, 0.1) is 11.3 Å². The molecule has 4 nitrogen and oxygen atoms in total. The first kappa shape index (κ1) is 10.5. The van der Waals surface area contributed by atoms with Crippen LogP contribution in [0.4, 0.5) is 0 Å². The lowest BCUT2D eigenvalue weighted by Crippen LogP contribution is -2.04. The SMILES string of the molecule is COc1cccc(S(=O)(=O)CC#N)c1. The second-order valence-electron chi connectivity index (χ2n) is 2.60. The van der Waals surface area contributed by atoms with Gasteiger partial charge in [-0.25, -0.2) is 8.42 Å². The van der Waals surface area contributed by atoms with E-state index < -0.39 is 15.6 Å². The van der Waals surface area contributed by atoms with Crippen LogP contribution < -0.4 is 4.74 Å². The van der Waals surface area contributed by atoms with Crippen molar-refractivity contribution in [2.75, 3.05) is 12.9 Å². The van der Waals surface area contributed by atoms with Gasteiger partial charge in [0.15, 0.2) is 9.84 Å². The Labute approximate surface area is 82.7 Å². The van der Waals surface area contributed by atoms with Gasteiger partial charge in [0.2, 0.25) is 0 Å². The molecule has 74 valence electrons. The molecule has 0 bridgehead atoms. The van der Waals surface area contributed by atoms with Crippen LogP contribution in [-0.2, 0) is 9.84 Å². The highest BCUT2D eigenvalue weighted by molar-refractivity contribution is 7.91. The molecule has 0 unspecified atom stereocenters. The minimum atomic E-state index is -3.48. The molecule has 0 aliphatic heterocycles. The molecule has 0 atom stereocenters. The van der Waals surface area contributed by atoms with Crippen LogP contribution in [0.1, 0.15) is 0 Å². The first-order valence-electron chi connectivity index (χ1n) is 3.84. The zero-order valence-electron chi connectivity index (χ0n) is 7.60. The Morgan fingerprint density at radius 1 is 1.50 bits per heavy atom. The number of nitriles is 1. The highest BCUT2D eigenvalue weighted by Gasteiger charge is 2.13. The number of hydrogen-bond donors (Lipinski definition) is 0. The van der Waals surface area contributed by atoms with E-state index in [1.54, 1.807) is 18.2 Å². The van der Waals surface area contributed by atoms with Crippen molar-refractivity contribution in [3.63, 3.8) is 0 Å². The lowest BCUT2D eigenvalue weighted by atomic mass is 10.3. The van der Waals surface area contributed by atoms with E-state index >= 15 is 0 Å². The van der Waals surface area contributed by atoms with Crippen molar-refractivity contribution in [3.8, 4) is 11.8 Å². The summed E-state index contributed by atoms with van der Waals surface area (Å²) in [6.45, 7) is 0. The van der Waals surface area contributed by atoms with E-state index in [1.165, 1.54) is 19.2 Å². The van der Waals surface area contributed by atoms with Crippen molar-refractivity contribution in [1.29, 1.82) is 5.26 Å². The number of rotatable bonds is 3. The Balaban J connectivity index is 3.15. The predicted octanol–water partition coefficient (Wildman–Crippen LogP) is 0.992. The second kappa shape index (κ2) is 4.11. The molecule has 0 amide bonds. The summed E-state index contributed by atoms with van der Waals surface area (Å²) in [7, 11) is -2.03. The summed E-state index contributed by atoms with van der Waals surface area (Å²) < 4.78 is 27.7. The molecule has 14 heavy (non-hydrogen) atoms. The van der Waals surface area contributed by atoms with E-state index in [-0.39, 0.29) is 4.90 Å². The van der Waals surface area contributed by atoms with Crippen molar-refractivity contribution in [3.05, 3.63) is 24.3 Å². The zero-order valence-corrected chi connectivity index (χ0v) is 8.41. The van der Waals surface area contributed by atoms with Crippen LogP contribution >= 0.6 is 0 Å². The van der Waals surface area contributed by atoms with Crippen LogP contribution in [-0.4, -0.2) is 21.3 Å². The minimum Gasteiger partial charge on any atom is -0.497 e. The van der Waals surface area contributed by atoms with Gasteiger partial charge < -0.3 is 4.74 Å². The average Bonchev–Trinajstić information content (AvgIpc) is 2.18. The Bertz CT molecular complexity index is 459. The summed E-state index contributed by atoms with van der Waals surface area (Å²) in [5.74, 6) is -0.0517. The third-order valence-electron chi connectivity index (χ3n) is 1.65. The summed E-state index contributed by atoms with van der Waals surface area (Å²) in [5.41, 5.74) is 0. The zero-order chi connectivity index (χ0) is 10.6. The molecule has 0 spiro atoms. The molecule has 1 rings (SSSR count). The molecule has 5 heteroatoms. The van der Waals surface area contributed by atoms with Gasteiger partial charge in [0.25, 0.3) is 0 Å². The highest BCUT2D eigenvalue weighted by atomic mass is 32.2. The highest BCUT2D eigenvalue weighted by Crippen LogP contribution is 2.17.